The number of nitrogens with zero attached hydrogens (tertiary/aromatic N) is 2. The van der Waals surface area contributed by atoms with Crippen molar-refractivity contribution in [2.24, 2.45) is 0 Å². The molecule has 94 valence electrons. The minimum Gasteiger partial charge on any atom is -0.372 e. The first kappa shape index (κ1) is 13.4. The second-order valence-corrected chi connectivity index (χ2v) is 3.90. The van der Waals surface area contributed by atoms with Gasteiger partial charge in [-0.2, -0.15) is 0 Å². The normalized spacial score (nSPS) is 11.9. The minimum atomic E-state index is -0.152. The van der Waals surface area contributed by atoms with Crippen molar-refractivity contribution in [1.82, 2.24) is 15.3 Å². The van der Waals surface area contributed by atoms with E-state index in [-0.39, 0.29) is 11.9 Å². The molecule has 1 unspecified atom stereocenters. The van der Waals surface area contributed by atoms with Crippen LogP contribution < -0.4 is 10.6 Å². The van der Waals surface area contributed by atoms with Crippen LogP contribution in [0.2, 0.25) is 0 Å². The van der Waals surface area contributed by atoms with E-state index in [1.807, 2.05) is 0 Å². The predicted octanol–water partition coefficient (Wildman–Crippen LogP) is 1.83. The highest BCUT2D eigenvalue weighted by Crippen LogP contribution is 2.04. The van der Waals surface area contributed by atoms with E-state index in [1.165, 1.54) is 6.20 Å². The summed E-state index contributed by atoms with van der Waals surface area (Å²) in [6.07, 6.45) is 6.02. The Labute approximate surface area is 102 Å². The third-order valence-electron chi connectivity index (χ3n) is 2.61. The van der Waals surface area contributed by atoms with Gasteiger partial charge >= 0.3 is 0 Å². The average molecular weight is 236 g/mol. The molecule has 0 saturated heterocycles. The maximum absolute atomic E-state index is 11.9. The predicted molar refractivity (Wildman–Crippen MR) is 68.0 cm³/mol. The Hall–Kier alpha value is -1.65. The van der Waals surface area contributed by atoms with Gasteiger partial charge in [0.05, 0.1) is 12.4 Å². The van der Waals surface area contributed by atoms with Gasteiger partial charge in [-0.25, -0.2) is 9.97 Å². The lowest BCUT2D eigenvalue weighted by Gasteiger charge is -2.15. The van der Waals surface area contributed by atoms with Gasteiger partial charge in [0.2, 0.25) is 0 Å². The van der Waals surface area contributed by atoms with E-state index in [4.69, 9.17) is 0 Å². The molecule has 0 aliphatic rings. The molecule has 1 rings (SSSR count). The molecule has 1 atom stereocenters. The van der Waals surface area contributed by atoms with Crippen LogP contribution in [0.5, 0.6) is 0 Å². The number of aromatic nitrogens is 2. The lowest BCUT2D eigenvalue weighted by atomic mass is 10.1. The van der Waals surface area contributed by atoms with Crippen LogP contribution in [0.1, 0.15) is 43.6 Å². The van der Waals surface area contributed by atoms with Crippen LogP contribution in [0.15, 0.2) is 12.4 Å². The van der Waals surface area contributed by atoms with E-state index in [0.717, 1.165) is 19.3 Å². The van der Waals surface area contributed by atoms with Crippen molar-refractivity contribution >= 4 is 11.7 Å². The zero-order chi connectivity index (χ0) is 12.7. The first-order valence-electron chi connectivity index (χ1n) is 6.01. The van der Waals surface area contributed by atoms with Crippen LogP contribution in [0, 0.1) is 0 Å². The van der Waals surface area contributed by atoms with E-state index in [9.17, 15) is 4.79 Å². The van der Waals surface area contributed by atoms with Crippen LogP contribution in [-0.2, 0) is 0 Å². The topological polar surface area (TPSA) is 66.9 Å². The Morgan fingerprint density at radius 1 is 1.35 bits per heavy atom. The number of carbonyl (C=O) groups is 1. The van der Waals surface area contributed by atoms with Crippen molar-refractivity contribution in [3.63, 3.8) is 0 Å². The molecule has 0 aromatic carbocycles. The Balaban J connectivity index is 2.62. The molecule has 5 nitrogen and oxygen atoms in total. The van der Waals surface area contributed by atoms with Gasteiger partial charge in [0.25, 0.3) is 5.91 Å². The smallest absolute Gasteiger partial charge is 0.271 e. The van der Waals surface area contributed by atoms with Crippen LogP contribution in [-0.4, -0.2) is 29.0 Å². The Morgan fingerprint density at radius 2 is 2.12 bits per heavy atom. The zero-order valence-electron chi connectivity index (χ0n) is 10.7. The lowest BCUT2D eigenvalue weighted by molar-refractivity contribution is 0.0928. The maximum atomic E-state index is 11.9. The second-order valence-electron chi connectivity index (χ2n) is 3.90. The largest absolute Gasteiger partial charge is 0.372 e. The maximum Gasteiger partial charge on any atom is 0.271 e. The van der Waals surface area contributed by atoms with Gasteiger partial charge in [-0.15, -0.1) is 0 Å². The summed E-state index contributed by atoms with van der Waals surface area (Å²) in [7, 11) is 1.76. The number of hydrogen-bond donors (Lipinski definition) is 2. The first-order valence-corrected chi connectivity index (χ1v) is 6.01. The summed E-state index contributed by atoms with van der Waals surface area (Å²) in [5.74, 6) is 0.502. The lowest BCUT2D eigenvalue weighted by Crippen LogP contribution is -2.34. The molecule has 2 N–H and O–H groups in total. The highest BCUT2D eigenvalue weighted by atomic mass is 16.1. The van der Waals surface area contributed by atoms with Gasteiger partial charge in [-0.05, 0) is 12.8 Å². The highest BCUT2D eigenvalue weighted by molar-refractivity contribution is 5.92. The quantitative estimate of drug-likeness (QED) is 0.790. The van der Waals surface area contributed by atoms with Crippen LogP contribution in [0.3, 0.4) is 0 Å². The fourth-order valence-electron chi connectivity index (χ4n) is 1.56. The van der Waals surface area contributed by atoms with Gasteiger partial charge < -0.3 is 10.6 Å². The molecule has 0 aliphatic carbocycles. The zero-order valence-corrected chi connectivity index (χ0v) is 10.7. The molecule has 0 fully saturated rings. The van der Waals surface area contributed by atoms with Gasteiger partial charge in [0.15, 0.2) is 0 Å². The molecule has 17 heavy (non-hydrogen) atoms. The van der Waals surface area contributed by atoms with Crippen molar-refractivity contribution in [3.8, 4) is 0 Å². The second kappa shape index (κ2) is 6.83. The van der Waals surface area contributed by atoms with Crippen molar-refractivity contribution in [2.75, 3.05) is 12.4 Å². The summed E-state index contributed by atoms with van der Waals surface area (Å²) in [5.41, 5.74) is 0.360. The fraction of sp³-hybridized carbons (Fsp3) is 0.583. The SMILES string of the molecule is CCCC(CC)NC(=O)c1cnc(NC)cn1. The molecule has 0 spiro atoms. The van der Waals surface area contributed by atoms with E-state index in [1.54, 1.807) is 13.2 Å². The molecule has 0 aliphatic heterocycles. The van der Waals surface area contributed by atoms with E-state index >= 15 is 0 Å². The third-order valence-corrected chi connectivity index (χ3v) is 2.61. The minimum absolute atomic E-state index is 0.152. The van der Waals surface area contributed by atoms with Gasteiger partial charge in [-0.1, -0.05) is 20.3 Å². The summed E-state index contributed by atoms with van der Waals surface area (Å²) in [4.78, 5) is 20.0. The molecule has 0 saturated carbocycles. The summed E-state index contributed by atoms with van der Waals surface area (Å²) in [5, 5.41) is 5.82. The molecule has 1 aromatic heterocycles. The third kappa shape index (κ3) is 4.01. The van der Waals surface area contributed by atoms with Crippen molar-refractivity contribution in [1.29, 1.82) is 0 Å². The Bertz CT molecular complexity index is 350. The standard InChI is InChI=1S/C12H20N4O/c1-4-6-9(5-2)16-12(17)10-7-15-11(13-3)8-14-10/h7-9H,4-6H2,1-3H3,(H,13,15)(H,16,17). The van der Waals surface area contributed by atoms with Crippen LogP contribution >= 0.6 is 0 Å². The monoisotopic (exact) mass is 236 g/mol. The van der Waals surface area contributed by atoms with Gasteiger partial charge in [0, 0.05) is 13.1 Å². The van der Waals surface area contributed by atoms with E-state index in [0.29, 0.717) is 11.5 Å². The molecule has 1 aromatic rings. The Kier molecular flexibility index (Phi) is 5.39. The highest BCUT2D eigenvalue weighted by Gasteiger charge is 2.12. The summed E-state index contributed by atoms with van der Waals surface area (Å²) in [6, 6.07) is 0.221. The number of rotatable bonds is 6. The van der Waals surface area contributed by atoms with E-state index in [2.05, 4.69) is 34.4 Å². The molecule has 0 bridgehead atoms. The van der Waals surface area contributed by atoms with Crippen LogP contribution in [0.25, 0.3) is 0 Å². The number of anilines is 1. The average Bonchev–Trinajstić information content (AvgIpc) is 2.38. The molecule has 1 heterocycles. The van der Waals surface area contributed by atoms with Gasteiger partial charge in [-0.3, -0.25) is 4.79 Å². The molecular formula is C12H20N4O. The summed E-state index contributed by atoms with van der Waals surface area (Å²) in [6.45, 7) is 4.17. The van der Waals surface area contributed by atoms with Crippen molar-refractivity contribution < 1.29 is 4.79 Å². The molecule has 5 heteroatoms. The van der Waals surface area contributed by atoms with Crippen molar-refractivity contribution in [3.05, 3.63) is 18.1 Å². The number of amides is 1. The first-order chi connectivity index (χ1) is 8.21. The van der Waals surface area contributed by atoms with Crippen molar-refractivity contribution in [2.45, 2.75) is 39.2 Å². The molecular weight excluding hydrogens is 216 g/mol. The fourth-order valence-corrected chi connectivity index (χ4v) is 1.56. The van der Waals surface area contributed by atoms with Gasteiger partial charge in [0.1, 0.15) is 11.5 Å². The number of carbonyl (C=O) groups excluding carboxylic acids is 1. The number of hydrogen-bond acceptors (Lipinski definition) is 4. The molecule has 0 radical (unpaired) electrons. The summed E-state index contributed by atoms with van der Waals surface area (Å²) >= 11 is 0. The van der Waals surface area contributed by atoms with E-state index < -0.39 is 0 Å². The number of nitrogens with one attached hydrogen (secondary N) is 2. The molecule has 1 amide bonds. The summed E-state index contributed by atoms with van der Waals surface area (Å²) < 4.78 is 0. The van der Waals surface area contributed by atoms with Crippen LogP contribution in [0.4, 0.5) is 5.82 Å². The Morgan fingerprint density at radius 3 is 2.59 bits per heavy atom.